The third-order valence-corrected chi connectivity index (χ3v) is 7.37. The van der Waals surface area contributed by atoms with Crippen molar-refractivity contribution in [2.75, 3.05) is 18.3 Å². The molecular weight excluding hydrogens is 486 g/mol. The van der Waals surface area contributed by atoms with Crippen molar-refractivity contribution < 1.29 is 32.2 Å². The molecule has 0 bridgehead atoms. The molecule has 0 fully saturated rings. The normalized spacial score (nSPS) is 19.4. The molecule has 188 valence electrons. The fraction of sp³-hybridized carbons (Fsp3) is 0.280. The maximum Gasteiger partial charge on any atom is 0.338 e. The second-order valence-corrected chi connectivity index (χ2v) is 10.1. The SMILES string of the molecule is CCOC(=O)C1=C(N)N(c2ccc(S(N)(=O)=O)cc2)C2=C(C(=O)CCC2)[C@H]1c1ccc2c(c1)OCO2. The summed E-state index contributed by atoms with van der Waals surface area (Å²) in [5.74, 6) is -0.312. The van der Waals surface area contributed by atoms with E-state index in [0.29, 0.717) is 53.3 Å². The number of allylic oxidation sites excluding steroid dienone is 2. The number of nitrogens with two attached hydrogens (primary N) is 2. The van der Waals surface area contributed by atoms with Crippen molar-refractivity contribution in [1.82, 2.24) is 0 Å². The van der Waals surface area contributed by atoms with Crippen molar-refractivity contribution in [2.45, 2.75) is 37.0 Å². The minimum atomic E-state index is -3.90. The predicted molar refractivity (Wildman–Crippen MR) is 129 cm³/mol. The lowest BCUT2D eigenvalue weighted by molar-refractivity contribution is -0.138. The zero-order valence-corrected chi connectivity index (χ0v) is 20.3. The number of ether oxygens (including phenoxy) is 3. The van der Waals surface area contributed by atoms with Gasteiger partial charge in [-0.25, -0.2) is 18.4 Å². The summed E-state index contributed by atoms with van der Waals surface area (Å²) in [5, 5.41) is 5.24. The van der Waals surface area contributed by atoms with Gasteiger partial charge >= 0.3 is 5.97 Å². The van der Waals surface area contributed by atoms with Crippen LogP contribution in [0.5, 0.6) is 11.5 Å². The summed E-state index contributed by atoms with van der Waals surface area (Å²) in [6.07, 6.45) is 1.48. The number of hydrogen-bond acceptors (Lipinski definition) is 9. The van der Waals surface area contributed by atoms with E-state index in [0.717, 1.165) is 0 Å². The van der Waals surface area contributed by atoms with Crippen molar-refractivity contribution in [3.05, 3.63) is 70.7 Å². The van der Waals surface area contributed by atoms with Gasteiger partial charge < -0.3 is 19.9 Å². The number of carbonyl (C=O) groups is 2. The van der Waals surface area contributed by atoms with Gasteiger partial charge in [-0.15, -0.1) is 0 Å². The van der Waals surface area contributed by atoms with E-state index in [-0.39, 0.29) is 35.5 Å². The first-order valence-electron chi connectivity index (χ1n) is 11.5. The fourth-order valence-corrected chi connectivity index (χ4v) is 5.42. The topological polar surface area (TPSA) is 151 Å². The quantitative estimate of drug-likeness (QED) is 0.577. The molecule has 0 spiro atoms. The van der Waals surface area contributed by atoms with Gasteiger partial charge in [0.05, 0.1) is 23.0 Å². The van der Waals surface area contributed by atoms with Crippen LogP contribution in [0.4, 0.5) is 5.69 Å². The van der Waals surface area contributed by atoms with Crippen LogP contribution >= 0.6 is 0 Å². The zero-order chi connectivity index (χ0) is 25.6. The van der Waals surface area contributed by atoms with Gasteiger partial charge in [0.1, 0.15) is 5.82 Å². The van der Waals surface area contributed by atoms with E-state index in [9.17, 15) is 18.0 Å². The number of nitrogens with zero attached hydrogens (tertiary/aromatic N) is 1. The molecule has 10 nitrogen and oxygen atoms in total. The lowest BCUT2D eigenvalue weighted by Crippen LogP contribution is -2.41. The number of benzene rings is 2. The summed E-state index contributed by atoms with van der Waals surface area (Å²) >= 11 is 0. The molecule has 2 aromatic rings. The Labute approximate surface area is 208 Å². The lowest BCUT2D eigenvalue weighted by Gasteiger charge is -2.40. The molecule has 2 aromatic carbocycles. The highest BCUT2D eigenvalue weighted by Crippen LogP contribution is 2.48. The number of Topliss-reactive ketones (excluding diaryl/α,β-unsaturated/α-hetero) is 1. The van der Waals surface area contributed by atoms with E-state index < -0.39 is 21.9 Å². The van der Waals surface area contributed by atoms with Crippen LogP contribution in [0.15, 0.2) is 70.0 Å². The second-order valence-electron chi connectivity index (χ2n) is 8.58. The number of esters is 1. The number of rotatable bonds is 5. The van der Waals surface area contributed by atoms with Gasteiger partial charge in [0.15, 0.2) is 17.3 Å². The van der Waals surface area contributed by atoms with Gasteiger partial charge in [-0.05, 0) is 61.7 Å². The van der Waals surface area contributed by atoms with Gasteiger partial charge in [-0.2, -0.15) is 0 Å². The molecule has 5 rings (SSSR count). The van der Waals surface area contributed by atoms with Gasteiger partial charge in [0, 0.05) is 23.4 Å². The Morgan fingerprint density at radius 1 is 1.11 bits per heavy atom. The Balaban J connectivity index is 1.72. The molecule has 0 amide bonds. The van der Waals surface area contributed by atoms with Crippen LogP contribution < -0.4 is 25.2 Å². The highest BCUT2D eigenvalue weighted by molar-refractivity contribution is 7.89. The highest BCUT2D eigenvalue weighted by atomic mass is 32.2. The number of primary sulfonamides is 1. The van der Waals surface area contributed by atoms with Crippen molar-refractivity contribution >= 4 is 27.5 Å². The first-order chi connectivity index (χ1) is 17.2. The third-order valence-electron chi connectivity index (χ3n) is 6.44. The summed E-state index contributed by atoms with van der Waals surface area (Å²) in [4.78, 5) is 28.3. The number of carbonyl (C=O) groups excluding carboxylic acids is 2. The molecule has 11 heteroatoms. The Kier molecular flexibility index (Phi) is 5.97. The monoisotopic (exact) mass is 511 g/mol. The minimum absolute atomic E-state index is 0.0661. The van der Waals surface area contributed by atoms with E-state index >= 15 is 0 Å². The van der Waals surface area contributed by atoms with Crippen molar-refractivity contribution in [3.63, 3.8) is 0 Å². The fourth-order valence-electron chi connectivity index (χ4n) is 4.90. The standard InChI is InChI=1S/C25H25N3O7S/c1-2-33-25(30)23-21(14-6-11-19-20(12-14)35-13-34-19)22-17(4-3-5-18(22)29)28(24(23)26)15-7-9-16(10-8-15)36(27,31)32/h6-12,21H,2-5,13,26H2,1H3,(H2,27,31,32)/t21-/m1/s1. The first-order valence-corrected chi connectivity index (χ1v) is 13.0. The molecule has 2 heterocycles. The molecule has 36 heavy (non-hydrogen) atoms. The van der Waals surface area contributed by atoms with Gasteiger partial charge in [-0.1, -0.05) is 6.07 Å². The molecule has 2 aliphatic heterocycles. The van der Waals surface area contributed by atoms with Crippen molar-refractivity contribution in [1.29, 1.82) is 0 Å². The molecule has 1 aliphatic carbocycles. The average Bonchev–Trinajstić information content (AvgIpc) is 3.31. The smallest absolute Gasteiger partial charge is 0.338 e. The minimum Gasteiger partial charge on any atom is -0.463 e. The average molecular weight is 512 g/mol. The van der Waals surface area contributed by atoms with Crippen LogP contribution in [0, 0.1) is 0 Å². The molecule has 0 saturated heterocycles. The van der Waals surface area contributed by atoms with Crippen LogP contribution in [-0.2, 0) is 24.3 Å². The van der Waals surface area contributed by atoms with Crippen LogP contribution in [0.2, 0.25) is 0 Å². The van der Waals surface area contributed by atoms with E-state index in [1.54, 1.807) is 42.2 Å². The third kappa shape index (κ3) is 3.99. The Hall–Kier alpha value is -3.83. The number of fused-ring (bicyclic) bond motifs is 1. The molecule has 1 atom stereocenters. The molecule has 4 N–H and O–H groups in total. The van der Waals surface area contributed by atoms with E-state index in [1.165, 1.54) is 12.1 Å². The Bertz CT molecular complexity index is 1430. The second kappa shape index (κ2) is 8.99. The zero-order valence-electron chi connectivity index (χ0n) is 19.5. The summed E-state index contributed by atoms with van der Waals surface area (Å²) in [6.45, 7) is 1.89. The number of anilines is 1. The Morgan fingerprint density at radius 3 is 2.53 bits per heavy atom. The van der Waals surface area contributed by atoms with Crippen molar-refractivity contribution in [3.8, 4) is 11.5 Å². The maximum absolute atomic E-state index is 13.4. The van der Waals surface area contributed by atoms with Crippen molar-refractivity contribution in [2.24, 2.45) is 10.9 Å². The predicted octanol–water partition coefficient (Wildman–Crippen LogP) is 2.41. The number of ketones is 1. The number of sulfonamides is 1. The van der Waals surface area contributed by atoms with Crippen LogP contribution in [0.25, 0.3) is 0 Å². The molecule has 0 saturated carbocycles. The van der Waals surface area contributed by atoms with Gasteiger partial charge in [0.2, 0.25) is 16.8 Å². The number of hydrogen-bond donors (Lipinski definition) is 2. The van der Waals surface area contributed by atoms with Gasteiger partial charge in [-0.3, -0.25) is 9.69 Å². The van der Waals surface area contributed by atoms with E-state index in [2.05, 4.69) is 0 Å². The van der Waals surface area contributed by atoms with E-state index in [4.69, 9.17) is 25.1 Å². The summed E-state index contributed by atoms with van der Waals surface area (Å²) in [7, 11) is -3.90. The largest absolute Gasteiger partial charge is 0.463 e. The molecule has 3 aliphatic rings. The molecule has 0 aromatic heterocycles. The van der Waals surface area contributed by atoms with Gasteiger partial charge in [0.25, 0.3) is 0 Å². The Morgan fingerprint density at radius 2 is 1.83 bits per heavy atom. The van der Waals surface area contributed by atoms with E-state index in [1.807, 2.05) is 0 Å². The molecule has 0 unspecified atom stereocenters. The first kappa shape index (κ1) is 23.9. The maximum atomic E-state index is 13.4. The summed E-state index contributed by atoms with van der Waals surface area (Å²) < 4.78 is 39.8. The molecular formula is C25H25N3O7S. The molecule has 0 radical (unpaired) electrons. The summed E-state index contributed by atoms with van der Waals surface area (Å²) in [5.41, 5.74) is 9.04. The highest BCUT2D eigenvalue weighted by Gasteiger charge is 2.43. The summed E-state index contributed by atoms with van der Waals surface area (Å²) in [6, 6.07) is 11.1. The van der Waals surface area contributed by atoms with Crippen LogP contribution in [0.1, 0.15) is 37.7 Å². The lowest BCUT2D eigenvalue weighted by atomic mass is 9.75. The van der Waals surface area contributed by atoms with Crippen LogP contribution in [0.3, 0.4) is 0 Å². The van der Waals surface area contributed by atoms with Crippen LogP contribution in [-0.4, -0.2) is 33.6 Å².